The lowest BCUT2D eigenvalue weighted by molar-refractivity contribution is 0.0561. The predicted molar refractivity (Wildman–Crippen MR) is 96.3 cm³/mol. The lowest BCUT2D eigenvalue weighted by Gasteiger charge is -2.33. The molecule has 26 heavy (non-hydrogen) atoms. The van der Waals surface area contributed by atoms with Gasteiger partial charge in [-0.15, -0.1) is 0 Å². The Morgan fingerprint density at radius 2 is 2.00 bits per heavy atom. The number of aryl methyl sites for hydroxylation is 1. The number of pyridine rings is 1. The average Bonchev–Trinajstić information content (AvgIpc) is 3.19. The van der Waals surface area contributed by atoms with E-state index < -0.39 is 0 Å². The molecule has 0 saturated carbocycles. The molecule has 1 fully saturated rings. The number of nitrogens with zero attached hydrogens (tertiary/aromatic N) is 4. The van der Waals surface area contributed by atoms with Crippen LogP contribution in [0.1, 0.15) is 47.2 Å². The second-order valence-corrected chi connectivity index (χ2v) is 6.52. The van der Waals surface area contributed by atoms with Gasteiger partial charge < -0.3 is 9.42 Å². The Morgan fingerprint density at radius 1 is 1.15 bits per heavy atom. The quantitative estimate of drug-likeness (QED) is 0.720. The summed E-state index contributed by atoms with van der Waals surface area (Å²) in [5.41, 5.74) is 2.38. The zero-order chi connectivity index (χ0) is 17.9. The smallest absolute Gasteiger partial charge is 0.256 e. The van der Waals surface area contributed by atoms with Gasteiger partial charge in [0.2, 0.25) is 11.7 Å². The van der Waals surface area contributed by atoms with Crippen molar-refractivity contribution in [3.8, 4) is 11.4 Å². The number of hydrogen-bond acceptors (Lipinski definition) is 5. The van der Waals surface area contributed by atoms with E-state index in [-0.39, 0.29) is 11.9 Å². The minimum atomic E-state index is -0.192. The maximum atomic E-state index is 13.0. The fraction of sp³-hybridized carbons (Fsp3) is 0.300. The van der Waals surface area contributed by atoms with Gasteiger partial charge in [0.15, 0.2) is 0 Å². The molecular formula is C20H20N4O2. The summed E-state index contributed by atoms with van der Waals surface area (Å²) in [6, 6.07) is 13.2. The van der Waals surface area contributed by atoms with E-state index in [2.05, 4.69) is 15.1 Å². The van der Waals surface area contributed by atoms with E-state index in [1.54, 1.807) is 6.20 Å². The number of piperidine rings is 1. The number of hydrogen-bond donors (Lipinski definition) is 0. The van der Waals surface area contributed by atoms with Crippen molar-refractivity contribution in [1.82, 2.24) is 20.0 Å². The van der Waals surface area contributed by atoms with Gasteiger partial charge in [-0.3, -0.25) is 9.78 Å². The SMILES string of the molecule is Cc1ccc(C(=O)N2CCCCC2c2nc(-c3ccccc3)no2)cn1. The maximum Gasteiger partial charge on any atom is 0.256 e. The van der Waals surface area contributed by atoms with Crippen molar-refractivity contribution in [2.75, 3.05) is 6.54 Å². The lowest BCUT2D eigenvalue weighted by Crippen LogP contribution is -2.38. The van der Waals surface area contributed by atoms with Crippen LogP contribution >= 0.6 is 0 Å². The van der Waals surface area contributed by atoms with Crippen LogP contribution in [0.3, 0.4) is 0 Å². The molecular weight excluding hydrogens is 328 g/mol. The number of aromatic nitrogens is 3. The Bertz CT molecular complexity index is 890. The summed E-state index contributed by atoms with van der Waals surface area (Å²) in [7, 11) is 0. The first-order valence-corrected chi connectivity index (χ1v) is 8.85. The van der Waals surface area contributed by atoms with Gasteiger partial charge in [-0.25, -0.2) is 0 Å². The maximum absolute atomic E-state index is 13.0. The molecule has 1 amide bonds. The van der Waals surface area contributed by atoms with Crippen LogP contribution in [0.15, 0.2) is 53.2 Å². The number of carbonyl (C=O) groups excluding carboxylic acids is 1. The van der Waals surface area contributed by atoms with E-state index in [0.29, 0.717) is 23.8 Å². The molecule has 3 aromatic rings. The molecule has 1 saturated heterocycles. The van der Waals surface area contributed by atoms with E-state index in [4.69, 9.17) is 4.52 Å². The second kappa shape index (κ2) is 7.07. The summed E-state index contributed by atoms with van der Waals surface area (Å²) in [5.74, 6) is 1.01. The standard InChI is InChI=1S/C20H20N4O2/c1-14-10-11-16(13-21-14)20(25)24-12-6-5-9-17(24)19-22-18(23-26-19)15-7-3-2-4-8-15/h2-4,7-8,10-11,13,17H,5-6,9,12H2,1H3. The largest absolute Gasteiger partial charge is 0.337 e. The fourth-order valence-electron chi connectivity index (χ4n) is 3.27. The molecule has 3 heterocycles. The molecule has 6 heteroatoms. The summed E-state index contributed by atoms with van der Waals surface area (Å²) in [4.78, 5) is 23.6. The minimum absolute atomic E-state index is 0.0401. The van der Waals surface area contributed by atoms with Gasteiger partial charge in [-0.05, 0) is 38.3 Å². The van der Waals surface area contributed by atoms with E-state index in [1.165, 1.54) is 0 Å². The second-order valence-electron chi connectivity index (χ2n) is 6.52. The van der Waals surface area contributed by atoms with Crippen molar-refractivity contribution in [3.63, 3.8) is 0 Å². The average molecular weight is 348 g/mol. The zero-order valence-electron chi connectivity index (χ0n) is 14.6. The Labute approximate surface area is 151 Å². The van der Waals surface area contributed by atoms with Crippen LogP contribution in [-0.4, -0.2) is 32.5 Å². The Balaban J connectivity index is 1.61. The summed E-state index contributed by atoms with van der Waals surface area (Å²) in [6.07, 6.45) is 4.46. The highest BCUT2D eigenvalue weighted by Gasteiger charge is 2.32. The summed E-state index contributed by atoms with van der Waals surface area (Å²) in [6.45, 7) is 2.59. The van der Waals surface area contributed by atoms with Crippen LogP contribution in [0.5, 0.6) is 0 Å². The van der Waals surface area contributed by atoms with Crippen molar-refractivity contribution in [2.24, 2.45) is 0 Å². The van der Waals surface area contributed by atoms with Gasteiger partial charge in [0.25, 0.3) is 5.91 Å². The lowest BCUT2D eigenvalue weighted by atomic mass is 10.0. The van der Waals surface area contributed by atoms with Crippen molar-refractivity contribution in [1.29, 1.82) is 0 Å². The van der Waals surface area contributed by atoms with Crippen LogP contribution < -0.4 is 0 Å². The highest BCUT2D eigenvalue weighted by atomic mass is 16.5. The van der Waals surface area contributed by atoms with Crippen molar-refractivity contribution in [3.05, 3.63) is 65.8 Å². The van der Waals surface area contributed by atoms with Gasteiger partial charge in [-0.1, -0.05) is 35.5 Å². The molecule has 0 aliphatic carbocycles. The molecule has 0 N–H and O–H groups in total. The van der Waals surface area contributed by atoms with Crippen LogP contribution in [0, 0.1) is 6.92 Å². The van der Waals surface area contributed by atoms with Crippen LogP contribution in [0.2, 0.25) is 0 Å². The molecule has 1 aliphatic rings. The third-order valence-electron chi connectivity index (χ3n) is 4.68. The van der Waals surface area contributed by atoms with E-state index in [1.807, 2.05) is 54.3 Å². The van der Waals surface area contributed by atoms with Crippen molar-refractivity contribution < 1.29 is 9.32 Å². The molecule has 1 aromatic carbocycles. The number of amides is 1. The highest BCUT2D eigenvalue weighted by Crippen LogP contribution is 2.32. The van der Waals surface area contributed by atoms with Crippen molar-refractivity contribution >= 4 is 5.91 Å². The molecule has 1 atom stereocenters. The monoisotopic (exact) mass is 348 g/mol. The summed E-state index contributed by atoms with van der Waals surface area (Å²) >= 11 is 0. The summed E-state index contributed by atoms with van der Waals surface area (Å²) < 4.78 is 5.52. The van der Waals surface area contributed by atoms with Gasteiger partial charge >= 0.3 is 0 Å². The Morgan fingerprint density at radius 3 is 2.77 bits per heavy atom. The Kier molecular flexibility index (Phi) is 4.48. The number of rotatable bonds is 3. The van der Waals surface area contributed by atoms with Crippen LogP contribution in [0.4, 0.5) is 0 Å². The molecule has 0 radical (unpaired) electrons. The molecule has 0 bridgehead atoms. The predicted octanol–water partition coefficient (Wildman–Crippen LogP) is 3.81. The fourth-order valence-corrected chi connectivity index (χ4v) is 3.27. The number of benzene rings is 1. The third-order valence-corrected chi connectivity index (χ3v) is 4.68. The van der Waals surface area contributed by atoms with Crippen LogP contribution in [0.25, 0.3) is 11.4 Å². The number of likely N-dealkylation sites (tertiary alicyclic amines) is 1. The molecule has 1 unspecified atom stereocenters. The normalized spacial score (nSPS) is 17.3. The minimum Gasteiger partial charge on any atom is -0.337 e. The topological polar surface area (TPSA) is 72.1 Å². The molecule has 2 aromatic heterocycles. The van der Waals surface area contributed by atoms with Gasteiger partial charge in [0.1, 0.15) is 6.04 Å². The molecule has 4 rings (SSSR count). The van der Waals surface area contributed by atoms with E-state index >= 15 is 0 Å². The van der Waals surface area contributed by atoms with Gasteiger partial charge in [0, 0.05) is 24.0 Å². The van der Waals surface area contributed by atoms with E-state index in [9.17, 15) is 4.79 Å². The Hall–Kier alpha value is -3.02. The first-order chi connectivity index (χ1) is 12.7. The molecule has 0 spiro atoms. The molecule has 132 valence electrons. The zero-order valence-corrected chi connectivity index (χ0v) is 14.6. The summed E-state index contributed by atoms with van der Waals surface area (Å²) in [5, 5.41) is 4.10. The van der Waals surface area contributed by atoms with Crippen molar-refractivity contribution in [2.45, 2.75) is 32.2 Å². The third kappa shape index (κ3) is 3.22. The van der Waals surface area contributed by atoms with E-state index in [0.717, 1.165) is 30.5 Å². The first-order valence-electron chi connectivity index (χ1n) is 8.85. The molecule has 1 aliphatic heterocycles. The first kappa shape index (κ1) is 16.4. The molecule has 6 nitrogen and oxygen atoms in total. The van der Waals surface area contributed by atoms with Gasteiger partial charge in [-0.2, -0.15) is 4.98 Å². The highest BCUT2D eigenvalue weighted by molar-refractivity contribution is 5.94. The van der Waals surface area contributed by atoms with Crippen LogP contribution in [-0.2, 0) is 0 Å². The number of carbonyl (C=O) groups is 1. The van der Waals surface area contributed by atoms with Gasteiger partial charge in [0.05, 0.1) is 5.56 Å².